The van der Waals surface area contributed by atoms with Crippen LogP contribution in [0, 0.1) is 3.57 Å². The van der Waals surface area contributed by atoms with Crippen molar-refractivity contribution in [2.75, 3.05) is 6.79 Å². The molecule has 0 saturated heterocycles. The highest BCUT2D eigenvalue weighted by molar-refractivity contribution is 14.1. The van der Waals surface area contributed by atoms with Crippen molar-refractivity contribution in [2.45, 2.75) is 59.5 Å². The summed E-state index contributed by atoms with van der Waals surface area (Å²) in [6.07, 6.45) is 6.52. The number of hydrogen-bond donors (Lipinski definition) is 1. The Labute approximate surface area is 235 Å². The van der Waals surface area contributed by atoms with Crippen LogP contribution >= 0.6 is 33.5 Å². The van der Waals surface area contributed by atoms with E-state index in [0.717, 1.165) is 33.5 Å². The van der Waals surface area contributed by atoms with Crippen LogP contribution in [0.3, 0.4) is 0 Å². The lowest BCUT2D eigenvalue weighted by atomic mass is 9.98. The molecule has 3 nitrogen and oxygen atoms in total. The van der Waals surface area contributed by atoms with Crippen molar-refractivity contribution in [2.24, 2.45) is 0 Å². The Bertz CT molecular complexity index is 1320. The molecule has 4 aromatic rings. The van der Waals surface area contributed by atoms with Crippen LogP contribution in [0.1, 0.15) is 37.7 Å². The molecule has 190 valence electrons. The largest absolute Gasteiger partial charge is 0.489 e. The zero-order chi connectivity index (χ0) is 25.0. The third-order valence-electron chi connectivity index (χ3n) is 7.15. The van der Waals surface area contributed by atoms with Gasteiger partial charge in [-0.25, -0.2) is 0 Å². The molecule has 37 heavy (non-hydrogen) atoms. The maximum absolute atomic E-state index is 6.14. The normalized spacial score (nSPS) is 15.8. The third kappa shape index (κ3) is 5.54. The van der Waals surface area contributed by atoms with Crippen molar-refractivity contribution in [1.29, 1.82) is 0 Å². The summed E-state index contributed by atoms with van der Waals surface area (Å²) in [6, 6.07) is 32.5. The van der Waals surface area contributed by atoms with Crippen LogP contribution in [0.25, 0.3) is 11.1 Å². The number of rotatable bonds is 8. The molecule has 2 aliphatic rings. The molecule has 1 aliphatic heterocycles. The molecule has 0 amide bonds. The second-order valence-electron chi connectivity index (χ2n) is 9.61. The van der Waals surface area contributed by atoms with Gasteiger partial charge in [0.05, 0.1) is 9.67 Å². The van der Waals surface area contributed by atoms with Crippen LogP contribution in [-0.4, -0.2) is 12.9 Å². The van der Waals surface area contributed by atoms with E-state index in [0.29, 0.717) is 19.5 Å². The molecule has 0 radical (unpaired) electrons. The maximum atomic E-state index is 6.14. The van der Waals surface area contributed by atoms with Gasteiger partial charge in [-0.2, -0.15) is 10.9 Å². The van der Waals surface area contributed by atoms with Gasteiger partial charge in [0.15, 0.2) is 6.79 Å². The summed E-state index contributed by atoms with van der Waals surface area (Å²) in [5.41, 5.74) is 3.86. The van der Waals surface area contributed by atoms with Gasteiger partial charge in [-0.3, -0.25) is 0 Å². The summed E-state index contributed by atoms with van der Waals surface area (Å²) in [5, 5.41) is 0. The minimum absolute atomic E-state index is 0.320. The van der Waals surface area contributed by atoms with Gasteiger partial charge in [0.1, 0.15) is 18.1 Å². The molecule has 1 heterocycles. The molecule has 0 unspecified atom stereocenters. The first-order valence-electron chi connectivity index (χ1n) is 13.0. The number of ether oxygens (including phenoxy) is 3. The Morgan fingerprint density at radius 3 is 2.08 bits per heavy atom. The fourth-order valence-corrected chi connectivity index (χ4v) is 8.58. The van der Waals surface area contributed by atoms with Crippen LogP contribution in [0.15, 0.2) is 106 Å². The summed E-state index contributed by atoms with van der Waals surface area (Å²) >= 11 is 2.33. The molecular weight excluding hydrogens is 591 g/mol. The predicted octanol–water partition coefficient (Wildman–Crippen LogP) is 9.01. The van der Waals surface area contributed by atoms with E-state index in [4.69, 9.17) is 14.2 Å². The SMILES string of the molecule is Ic1cc(COc2ccc([SH]3c4ccccc4-c4ccccc43)cc2)ccc1OCOC1CCCCC1. The van der Waals surface area contributed by atoms with Crippen LogP contribution in [-0.2, 0) is 11.3 Å². The van der Waals surface area contributed by atoms with Gasteiger partial charge in [-0.1, -0.05) is 61.7 Å². The monoisotopic (exact) mass is 622 g/mol. The fraction of sp³-hybridized carbons (Fsp3) is 0.250. The van der Waals surface area contributed by atoms with Gasteiger partial charge in [0.2, 0.25) is 0 Å². The molecule has 0 bridgehead atoms. The van der Waals surface area contributed by atoms with Gasteiger partial charge >= 0.3 is 0 Å². The Balaban J connectivity index is 1.08. The van der Waals surface area contributed by atoms with Gasteiger partial charge < -0.3 is 14.2 Å². The lowest BCUT2D eigenvalue weighted by molar-refractivity contribution is -0.0500. The standard InChI is InChI=1S/C32H31IO3S/c33-29-20-23(14-19-30(29)36-22-35-24-8-2-1-3-9-24)21-34-25-15-17-26(18-16-25)37-31-12-6-4-10-27(31)28-11-5-7-13-32(28)37/h4-7,10-20,24,37H,1-3,8-9,21-22H2. The topological polar surface area (TPSA) is 27.7 Å². The predicted molar refractivity (Wildman–Crippen MR) is 159 cm³/mol. The van der Waals surface area contributed by atoms with Crippen molar-refractivity contribution in [3.63, 3.8) is 0 Å². The van der Waals surface area contributed by atoms with E-state index in [2.05, 4.69) is 108 Å². The van der Waals surface area contributed by atoms with Gasteiger partial charge in [-0.05, 0) is 106 Å². The number of halogens is 1. The van der Waals surface area contributed by atoms with E-state index in [1.807, 2.05) is 6.07 Å². The second kappa shape index (κ2) is 11.5. The molecule has 0 aromatic heterocycles. The summed E-state index contributed by atoms with van der Waals surface area (Å²) < 4.78 is 19.0. The number of thiol groups is 1. The average Bonchev–Trinajstić information content (AvgIpc) is 3.28. The minimum atomic E-state index is -0.536. The van der Waals surface area contributed by atoms with Crippen molar-refractivity contribution in [1.82, 2.24) is 0 Å². The first kappa shape index (κ1) is 24.8. The third-order valence-corrected chi connectivity index (χ3v) is 10.5. The van der Waals surface area contributed by atoms with E-state index in [9.17, 15) is 0 Å². The number of hydrogen-bond acceptors (Lipinski definition) is 3. The van der Waals surface area contributed by atoms with Crippen LogP contribution < -0.4 is 9.47 Å². The lowest BCUT2D eigenvalue weighted by Crippen LogP contribution is -2.19. The van der Waals surface area contributed by atoms with E-state index >= 15 is 0 Å². The zero-order valence-electron chi connectivity index (χ0n) is 20.7. The highest BCUT2D eigenvalue weighted by Crippen LogP contribution is 2.62. The molecule has 0 atom stereocenters. The molecule has 5 heteroatoms. The van der Waals surface area contributed by atoms with E-state index in [1.54, 1.807) is 0 Å². The van der Waals surface area contributed by atoms with Crippen LogP contribution in [0.2, 0.25) is 0 Å². The number of fused-ring (bicyclic) bond motifs is 3. The molecule has 0 N–H and O–H groups in total. The molecule has 1 fully saturated rings. The van der Waals surface area contributed by atoms with Crippen molar-refractivity contribution in [3.8, 4) is 22.6 Å². The second-order valence-corrected chi connectivity index (χ2v) is 12.9. The number of benzene rings is 4. The summed E-state index contributed by atoms with van der Waals surface area (Å²) in [5.74, 6) is 1.75. The first-order valence-corrected chi connectivity index (χ1v) is 15.4. The van der Waals surface area contributed by atoms with E-state index in [-0.39, 0.29) is 0 Å². The quantitative estimate of drug-likeness (QED) is 0.106. The Kier molecular flexibility index (Phi) is 7.72. The fourth-order valence-electron chi connectivity index (χ4n) is 5.24. The zero-order valence-corrected chi connectivity index (χ0v) is 23.8. The lowest BCUT2D eigenvalue weighted by Gasteiger charge is -2.22. The maximum Gasteiger partial charge on any atom is 0.189 e. The Morgan fingerprint density at radius 1 is 0.730 bits per heavy atom. The highest BCUT2D eigenvalue weighted by atomic mass is 127. The van der Waals surface area contributed by atoms with Crippen LogP contribution in [0.5, 0.6) is 11.5 Å². The summed E-state index contributed by atoms with van der Waals surface area (Å²) in [4.78, 5) is 4.23. The van der Waals surface area contributed by atoms with Gasteiger partial charge in [0, 0.05) is 9.79 Å². The Morgan fingerprint density at radius 2 is 1.41 bits per heavy atom. The summed E-state index contributed by atoms with van der Waals surface area (Å²) in [7, 11) is -0.536. The van der Waals surface area contributed by atoms with Crippen molar-refractivity contribution in [3.05, 3.63) is 100 Å². The smallest absolute Gasteiger partial charge is 0.189 e. The van der Waals surface area contributed by atoms with E-state index < -0.39 is 10.9 Å². The van der Waals surface area contributed by atoms with Crippen molar-refractivity contribution >= 4 is 33.5 Å². The Hall–Kier alpha value is -2.48. The molecule has 0 spiro atoms. The summed E-state index contributed by atoms with van der Waals surface area (Å²) in [6.45, 7) is 0.842. The van der Waals surface area contributed by atoms with Gasteiger partial charge in [0.25, 0.3) is 0 Å². The molecule has 1 saturated carbocycles. The van der Waals surface area contributed by atoms with E-state index in [1.165, 1.54) is 45.1 Å². The van der Waals surface area contributed by atoms with Gasteiger partial charge in [-0.15, -0.1) is 0 Å². The van der Waals surface area contributed by atoms with Crippen LogP contribution in [0.4, 0.5) is 0 Å². The molecule has 1 aliphatic carbocycles. The minimum Gasteiger partial charge on any atom is -0.489 e. The van der Waals surface area contributed by atoms with Crippen molar-refractivity contribution < 1.29 is 14.2 Å². The average molecular weight is 623 g/mol. The highest BCUT2D eigenvalue weighted by Gasteiger charge is 2.26. The molecule has 6 rings (SSSR count). The molecule has 4 aromatic carbocycles. The molecular formula is C32H31IO3S. The first-order chi connectivity index (χ1) is 18.3.